The summed E-state index contributed by atoms with van der Waals surface area (Å²) in [6.07, 6.45) is 1.37. The zero-order valence-electron chi connectivity index (χ0n) is 10.4. The third-order valence-corrected chi connectivity index (χ3v) is 2.67. The van der Waals surface area contributed by atoms with Gasteiger partial charge in [-0.2, -0.15) is 0 Å². The lowest BCUT2D eigenvalue weighted by Gasteiger charge is -2.04. The van der Waals surface area contributed by atoms with Crippen LogP contribution in [-0.2, 0) is 0 Å². The van der Waals surface area contributed by atoms with E-state index < -0.39 is 0 Å². The van der Waals surface area contributed by atoms with E-state index in [-0.39, 0.29) is 12.6 Å². The van der Waals surface area contributed by atoms with E-state index in [0.29, 0.717) is 23.5 Å². The van der Waals surface area contributed by atoms with Crippen molar-refractivity contribution >= 4 is 21.7 Å². The minimum atomic E-state index is 0.0977. The maximum atomic E-state index is 11.8. The molecule has 1 aromatic rings. The van der Waals surface area contributed by atoms with E-state index in [1.807, 2.05) is 26.8 Å². The van der Waals surface area contributed by atoms with Crippen molar-refractivity contribution in [2.24, 2.45) is 0 Å². The van der Waals surface area contributed by atoms with Crippen LogP contribution in [-0.4, -0.2) is 12.6 Å². The van der Waals surface area contributed by atoms with Crippen molar-refractivity contribution in [2.45, 2.75) is 33.6 Å². The van der Waals surface area contributed by atoms with Crippen molar-refractivity contribution < 1.29 is 14.3 Å². The Balaban J connectivity index is 0.000000686. The fourth-order valence-corrected chi connectivity index (χ4v) is 1.98. The highest BCUT2D eigenvalue weighted by Crippen LogP contribution is 2.38. The average molecular weight is 301 g/mol. The number of Topliss-reactive ketones (excluding diaryl/α,β-unsaturated/α-hetero) is 1. The van der Waals surface area contributed by atoms with Crippen LogP contribution < -0.4 is 9.47 Å². The Bertz CT molecular complexity index is 402. The van der Waals surface area contributed by atoms with Gasteiger partial charge in [-0.1, -0.05) is 36.7 Å². The number of hydrogen-bond donors (Lipinski definition) is 0. The summed E-state index contributed by atoms with van der Waals surface area (Å²) in [7, 11) is 0. The number of hydrogen-bond acceptors (Lipinski definition) is 3. The van der Waals surface area contributed by atoms with Crippen LogP contribution in [0.1, 0.15) is 44.0 Å². The summed E-state index contributed by atoms with van der Waals surface area (Å²) in [5.74, 6) is 1.32. The zero-order valence-corrected chi connectivity index (χ0v) is 12.0. The molecule has 1 heterocycles. The lowest BCUT2D eigenvalue weighted by Crippen LogP contribution is -2.01. The molecule has 3 nitrogen and oxygen atoms in total. The largest absolute Gasteiger partial charge is 0.454 e. The molecule has 0 bridgehead atoms. The van der Waals surface area contributed by atoms with Gasteiger partial charge < -0.3 is 9.47 Å². The highest BCUT2D eigenvalue weighted by Gasteiger charge is 2.22. The fraction of sp³-hybridized carbons (Fsp3) is 0.462. The lowest BCUT2D eigenvalue weighted by molar-refractivity contribution is 0.0977. The molecule has 0 amide bonds. The van der Waals surface area contributed by atoms with Crippen molar-refractivity contribution in [3.63, 3.8) is 0 Å². The Morgan fingerprint density at radius 2 is 2.06 bits per heavy atom. The van der Waals surface area contributed by atoms with E-state index in [0.717, 1.165) is 10.9 Å². The maximum absolute atomic E-state index is 11.8. The Labute approximate surface area is 110 Å². The molecule has 0 aromatic heterocycles. The molecule has 4 heteroatoms. The molecule has 1 aliphatic rings. The first-order valence-corrected chi connectivity index (χ1v) is 6.64. The summed E-state index contributed by atoms with van der Waals surface area (Å²) >= 11 is 3.35. The van der Waals surface area contributed by atoms with Crippen LogP contribution >= 0.6 is 15.9 Å². The fourth-order valence-electron chi connectivity index (χ4n) is 1.55. The molecule has 2 rings (SSSR count). The van der Waals surface area contributed by atoms with E-state index in [9.17, 15) is 4.79 Å². The molecular formula is C13H17BrO3. The third kappa shape index (κ3) is 3.22. The summed E-state index contributed by atoms with van der Waals surface area (Å²) in [5.41, 5.74) is 0.610. The molecule has 1 aromatic carbocycles. The first-order chi connectivity index (χ1) is 8.22. The standard InChI is InChI=1S/C11H11BrO3.C2H6/c1-2-3-9(13)8-4-7(12)5-10-11(8)15-6-14-10;1-2/h4-5H,2-3,6H2,1H3;1-2H3. The Morgan fingerprint density at radius 3 is 2.71 bits per heavy atom. The topological polar surface area (TPSA) is 35.5 Å². The van der Waals surface area contributed by atoms with E-state index in [2.05, 4.69) is 15.9 Å². The van der Waals surface area contributed by atoms with Gasteiger partial charge in [-0.25, -0.2) is 0 Å². The molecule has 0 radical (unpaired) electrons. The first kappa shape index (κ1) is 14.0. The number of rotatable bonds is 3. The molecule has 0 N–H and O–H groups in total. The van der Waals surface area contributed by atoms with Gasteiger partial charge in [0.05, 0.1) is 5.56 Å². The van der Waals surface area contributed by atoms with Crippen LogP contribution in [0.2, 0.25) is 0 Å². The Morgan fingerprint density at radius 1 is 1.35 bits per heavy atom. The van der Waals surface area contributed by atoms with Crippen LogP contribution in [0, 0.1) is 0 Å². The monoisotopic (exact) mass is 300 g/mol. The number of benzene rings is 1. The van der Waals surface area contributed by atoms with Crippen molar-refractivity contribution in [3.05, 3.63) is 22.2 Å². The molecular weight excluding hydrogens is 284 g/mol. The number of carbonyl (C=O) groups is 1. The quantitative estimate of drug-likeness (QED) is 0.785. The highest BCUT2D eigenvalue weighted by atomic mass is 79.9. The van der Waals surface area contributed by atoms with Crippen LogP contribution in [0.4, 0.5) is 0 Å². The van der Waals surface area contributed by atoms with Crippen molar-refractivity contribution in [2.75, 3.05) is 6.79 Å². The smallest absolute Gasteiger partial charge is 0.231 e. The Hall–Kier alpha value is -1.03. The van der Waals surface area contributed by atoms with Gasteiger partial charge in [-0.3, -0.25) is 4.79 Å². The number of fused-ring (bicyclic) bond motifs is 1. The zero-order chi connectivity index (χ0) is 12.8. The highest BCUT2D eigenvalue weighted by molar-refractivity contribution is 9.10. The number of ether oxygens (including phenoxy) is 2. The van der Waals surface area contributed by atoms with Gasteiger partial charge in [-0.15, -0.1) is 0 Å². The summed E-state index contributed by atoms with van der Waals surface area (Å²) in [6.45, 7) is 6.17. The second-order valence-electron chi connectivity index (χ2n) is 3.36. The van der Waals surface area contributed by atoms with Crippen LogP contribution in [0.25, 0.3) is 0 Å². The normalized spacial score (nSPS) is 11.8. The van der Waals surface area contributed by atoms with Gasteiger partial charge in [-0.05, 0) is 18.6 Å². The molecule has 0 unspecified atom stereocenters. The number of carbonyl (C=O) groups excluding carboxylic acids is 1. The number of halogens is 1. The first-order valence-electron chi connectivity index (χ1n) is 5.84. The van der Waals surface area contributed by atoms with Gasteiger partial charge in [0.1, 0.15) is 0 Å². The summed E-state index contributed by atoms with van der Waals surface area (Å²) in [5, 5.41) is 0. The molecule has 0 atom stereocenters. The second-order valence-corrected chi connectivity index (χ2v) is 4.28. The predicted octanol–water partition coefficient (Wildman–Crippen LogP) is 4.19. The minimum absolute atomic E-state index is 0.0977. The molecule has 0 saturated carbocycles. The minimum Gasteiger partial charge on any atom is -0.454 e. The van der Waals surface area contributed by atoms with Gasteiger partial charge in [0.2, 0.25) is 6.79 Å². The summed E-state index contributed by atoms with van der Waals surface area (Å²) < 4.78 is 11.4. The SMILES string of the molecule is CC.CCCC(=O)c1cc(Br)cc2c1OCO2. The van der Waals surface area contributed by atoms with Crippen molar-refractivity contribution in [1.29, 1.82) is 0 Å². The van der Waals surface area contributed by atoms with E-state index in [1.165, 1.54) is 0 Å². The van der Waals surface area contributed by atoms with Gasteiger partial charge in [0.25, 0.3) is 0 Å². The van der Waals surface area contributed by atoms with Crippen LogP contribution in [0.5, 0.6) is 11.5 Å². The van der Waals surface area contributed by atoms with E-state index in [1.54, 1.807) is 6.07 Å². The van der Waals surface area contributed by atoms with E-state index in [4.69, 9.17) is 9.47 Å². The predicted molar refractivity (Wildman–Crippen MR) is 70.9 cm³/mol. The molecule has 94 valence electrons. The molecule has 0 saturated heterocycles. The molecule has 17 heavy (non-hydrogen) atoms. The molecule has 0 aliphatic carbocycles. The number of ketones is 1. The van der Waals surface area contributed by atoms with Gasteiger partial charge >= 0.3 is 0 Å². The summed E-state index contributed by atoms with van der Waals surface area (Å²) in [6, 6.07) is 3.59. The third-order valence-electron chi connectivity index (χ3n) is 2.21. The van der Waals surface area contributed by atoms with Crippen LogP contribution in [0.3, 0.4) is 0 Å². The second kappa shape index (κ2) is 6.64. The van der Waals surface area contributed by atoms with Crippen LogP contribution in [0.15, 0.2) is 16.6 Å². The average Bonchev–Trinajstić information content (AvgIpc) is 2.78. The Kier molecular flexibility index (Phi) is 5.48. The molecule has 1 aliphatic heterocycles. The molecule has 0 fully saturated rings. The maximum Gasteiger partial charge on any atom is 0.231 e. The van der Waals surface area contributed by atoms with Gasteiger partial charge in [0, 0.05) is 10.9 Å². The van der Waals surface area contributed by atoms with Crippen molar-refractivity contribution in [3.8, 4) is 11.5 Å². The van der Waals surface area contributed by atoms with Crippen molar-refractivity contribution in [1.82, 2.24) is 0 Å². The lowest BCUT2D eigenvalue weighted by atomic mass is 10.1. The molecule has 0 spiro atoms. The van der Waals surface area contributed by atoms with E-state index >= 15 is 0 Å². The summed E-state index contributed by atoms with van der Waals surface area (Å²) in [4.78, 5) is 11.8. The van der Waals surface area contributed by atoms with Gasteiger partial charge in [0.15, 0.2) is 17.3 Å².